The largest absolute Gasteiger partial charge is 0.405 e. The summed E-state index contributed by atoms with van der Waals surface area (Å²) in [6.45, 7) is 5.72. The highest BCUT2D eigenvalue weighted by Crippen LogP contribution is 2.37. The van der Waals surface area contributed by atoms with E-state index in [1.54, 1.807) is 48.8 Å². The summed E-state index contributed by atoms with van der Waals surface area (Å²) in [5.74, 6) is -2.84. The summed E-state index contributed by atoms with van der Waals surface area (Å²) in [5.41, 5.74) is 8.83. The molecule has 1 amide bonds. The molecule has 2 heterocycles. The monoisotopic (exact) mass is 553 g/mol. The van der Waals surface area contributed by atoms with Crippen molar-refractivity contribution in [1.29, 1.82) is 0 Å². The van der Waals surface area contributed by atoms with Crippen molar-refractivity contribution in [3.8, 4) is 0 Å². The van der Waals surface area contributed by atoms with E-state index < -0.39 is 30.1 Å². The Bertz CT molecular complexity index is 1300. The van der Waals surface area contributed by atoms with Crippen LogP contribution in [0.2, 0.25) is 0 Å². The molecule has 0 bridgehead atoms. The first-order chi connectivity index (χ1) is 19.1. The van der Waals surface area contributed by atoms with Crippen LogP contribution in [0.25, 0.3) is 0 Å². The summed E-state index contributed by atoms with van der Waals surface area (Å²) in [6, 6.07) is 5.07. The fourth-order valence-corrected chi connectivity index (χ4v) is 4.90. The van der Waals surface area contributed by atoms with Crippen molar-refractivity contribution < 1.29 is 18.0 Å². The number of amides is 1. The average Bonchev–Trinajstić information content (AvgIpc) is 3.43. The second-order valence-electron chi connectivity index (χ2n) is 10.0. The topological polar surface area (TPSA) is 109 Å². The van der Waals surface area contributed by atoms with Gasteiger partial charge in [-0.2, -0.15) is 13.2 Å². The molecule has 2 aliphatic rings. The van der Waals surface area contributed by atoms with Gasteiger partial charge in [0.15, 0.2) is 0 Å². The number of aliphatic imine (C=N–C) groups is 1. The first-order valence-corrected chi connectivity index (χ1v) is 13.2. The number of allylic oxidation sites excluding steroid dienone is 3. The van der Waals surface area contributed by atoms with Crippen LogP contribution in [-0.2, 0) is 0 Å². The summed E-state index contributed by atoms with van der Waals surface area (Å²) in [4.78, 5) is 27.8. The van der Waals surface area contributed by atoms with Gasteiger partial charge in [0.05, 0.1) is 11.6 Å². The van der Waals surface area contributed by atoms with E-state index in [4.69, 9.17) is 5.73 Å². The minimum absolute atomic E-state index is 0.140. The molecule has 1 aliphatic carbocycles. The lowest BCUT2D eigenvalue weighted by molar-refractivity contribution is -0.171. The highest BCUT2D eigenvalue weighted by Gasteiger charge is 2.44. The van der Waals surface area contributed by atoms with E-state index in [0.717, 1.165) is 37.6 Å². The first kappa shape index (κ1) is 29.0. The molecule has 0 spiro atoms. The quantitative estimate of drug-likeness (QED) is 0.393. The fourth-order valence-electron chi connectivity index (χ4n) is 4.90. The number of likely N-dealkylation sites (tertiary alicyclic amines) is 1. The molecule has 1 saturated heterocycles. The van der Waals surface area contributed by atoms with Crippen molar-refractivity contribution in [3.63, 3.8) is 0 Å². The lowest BCUT2D eigenvalue weighted by Gasteiger charge is -2.31. The van der Waals surface area contributed by atoms with Crippen LogP contribution >= 0.6 is 0 Å². The lowest BCUT2D eigenvalue weighted by Crippen LogP contribution is -2.38. The van der Waals surface area contributed by atoms with Crippen LogP contribution in [-0.4, -0.2) is 58.5 Å². The van der Waals surface area contributed by atoms with Gasteiger partial charge >= 0.3 is 6.18 Å². The number of nitrogens with two attached hydrogens (primary N) is 1. The highest BCUT2D eigenvalue weighted by atomic mass is 19.4. The number of hydrogen-bond donors (Lipinski definition) is 3. The Morgan fingerprint density at radius 2 is 1.95 bits per heavy atom. The number of aromatic nitrogens is 2. The van der Waals surface area contributed by atoms with Crippen LogP contribution in [0.1, 0.15) is 41.3 Å². The maximum absolute atomic E-state index is 13.9. The van der Waals surface area contributed by atoms with Crippen molar-refractivity contribution in [2.75, 3.05) is 25.0 Å². The van der Waals surface area contributed by atoms with Crippen molar-refractivity contribution in [3.05, 3.63) is 89.8 Å². The number of rotatable bonds is 9. The molecule has 3 unspecified atom stereocenters. The Morgan fingerprint density at radius 1 is 1.23 bits per heavy atom. The third kappa shape index (κ3) is 7.56. The number of carbonyl (C=O) groups is 1. The Balaban J connectivity index is 1.47. The Morgan fingerprint density at radius 3 is 2.62 bits per heavy atom. The number of halogens is 3. The van der Waals surface area contributed by atoms with E-state index in [1.807, 2.05) is 13.8 Å². The van der Waals surface area contributed by atoms with Crippen molar-refractivity contribution in [1.82, 2.24) is 20.2 Å². The molecule has 1 aromatic carbocycles. The molecule has 3 atom stereocenters. The second-order valence-corrected chi connectivity index (χ2v) is 10.0. The molecular weight excluding hydrogens is 519 g/mol. The number of aryl methyl sites for hydroxylation is 1. The Hall–Kier alpha value is -3.99. The molecule has 1 fully saturated rings. The summed E-state index contributed by atoms with van der Waals surface area (Å²) in [7, 11) is 0. The number of benzene rings is 1. The van der Waals surface area contributed by atoms with Gasteiger partial charge in [-0.1, -0.05) is 12.1 Å². The van der Waals surface area contributed by atoms with Gasteiger partial charge in [0.1, 0.15) is 12.5 Å². The Labute approximate surface area is 232 Å². The first-order valence-electron chi connectivity index (χ1n) is 13.2. The molecule has 4 rings (SSSR count). The third-order valence-corrected chi connectivity index (χ3v) is 6.95. The van der Waals surface area contributed by atoms with Gasteiger partial charge in [-0.25, -0.2) is 9.97 Å². The van der Waals surface area contributed by atoms with Crippen LogP contribution in [0.5, 0.6) is 0 Å². The molecule has 40 heavy (non-hydrogen) atoms. The fraction of sp³-hybridized carbons (Fsp3) is 0.379. The van der Waals surface area contributed by atoms with E-state index >= 15 is 0 Å². The van der Waals surface area contributed by atoms with E-state index in [9.17, 15) is 18.0 Å². The van der Waals surface area contributed by atoms with Crippen LogP contribution in [0.15, 0.2) is 78.1 Å². The van der Waals surface area contributed by atoms with E-state index in [2.05, 4.69) is 30.5 Å². The molecule has 11 heteroatoms. The van der Waals surface area contributed by atoms with Gasteiger partial charge in [-0.3, -0.25) is 9.79 Å². The number of alkyl halides is 3. The smallest absolute Gasteiger partial charge is 0.395 e. The second kappa shape index (κ2) is 12.9. The van der Waals surface area contributed by atoms with Gasteiger partial charge in [0.2, 0.25) is 0 Å². The zero-order valence-electron chi connectivity index (χ0n) is 22.5. The number of carbonyl (C=O) groups excluding carboxylic acids is 1. The van der Waals surface area contributed by atoms with Crippen LogP contribution < -0.4 is 16.4 Å². The number of hydrogen-bond acceptors (Lipinski definition) is 7. The van der Waals surface area contributed by atoms with Crippen LogP contribution in [0.4, 0.5) is 18.9 Å². The summed E-state index contributed by atoms with van der Waals surface area (Å²) >= 11 is 0. The van der Waals surface area contributed by atoms with Crippen molar-refractivity contribution >= 4 is 17.3 Å². The van der Waals surface area contributed by atoms with Gasteiger partial charge in [-0.15, -0.1) is 0 Å². The molecule has 0 saturated carbocycles. The van der Waals surface area contributed by atoms with E-state index in [0.29, 0.717) is 29.1 Å². The maximum Gasteiger partial charge on any atom is 0.395 e. The van der Waals surface area contributed by atoms with Crippen molar-refractivity contribution in [2.24, 2.45) is 22.6 Å². The summed E-state index contributed by atoms with van der Waals surface area (Å²) in [6.07, 6.45) is 9.16. The minimum Gasteiger partial charge on any atom is -0.405 e. The molecule has 2 aromatic rings. The standard InChI is InChI=1S/C29H34F3N7O/c1-19-5-6-21(13-27(19)37-20(2)36-26(9-10-33)23-15-34-18-35-16-23)28(40)38-24-8-7-22(17-39-11-3-4-12-39)25(14-24)29(30,31)32/h5-10,13-16,18,20,22,25,37H,3-4,11-12,17,33H2,1-2H3,(H,38,40)/b10-9-,36-26+. The molecule has 8 nitrogen and oxygen atoms in total. The predicted molar refractivity (Wildman–Crippen MR) is 150 cm³/mol. The number of nitrogens with zero attached hydrogens (tertiary/aromatic N) is 4. The molecular formula is C29H34F3N7O. The van der Waals surface area contributed by atoms with Crippen LogP contribution in [0.3, 0.4) is 0 Å². The Kier molecular flexibility index (Phi) is 9.36. The van der Waals surface area contributed by atoms with Gasteiger partial charge in [0.25, 0.3) is 5.91 Å². The van der Waals surface area contributed by atoms with Crippen molar-refractivity contribution in [2.45, 2.75) is 39.0 Å². The third-order valence-electron chi connectivity index (χ3n) is 6.95. The predicted octanol–water partition coefficient (Wildman–Crippen LogP) is 4.58. The highest BCUT2D eigenvalue weighted by molar-refractivity contribution is 6.08. The van der Waals surface area contributed by atoms with Gasteiger partial charge in [0, 0.05) is 47.4 Å². The number of anilines is 1. The summed E-state index contributed by atoms with van der Waals surface area (Å²) < 4.78 is 41.8. The molecule has 1 aliphatic heterocycles. The molecule has 4 N–H and O–H groups in total. The van der Waals surface area contributed by atoms with Gasteiger partial charge in [-0.05, 0) is 81.9 Å². The SMILES string of the molecule is Cc1ccc(C(=O)NC2=CC(C(F)(F)F)C(CN3CCCC3)C=C2)cc1NC(C)/N=C(\C=C/N)c1cncnc1. The summed E-state index contributed by atoms with van der Waals surface area (Å²) in [5, 5.41) is 5.92. The zero-order valence-corrected chi connectivity index (χ0v) is 22.5. The maximum atomic E-state index is 13.9. The molecule has 1 aromatic heterocycles. The number of nitrogens with one attached hydrogen (secondary N) is 2. The average molecular weight is 554 g/mol. The lowest BCUT2D eigenvalue weighted by atomic mass is 9.86. The molecule has 0 radical (unpaired) electrons. The minimum atomic E-state index is -4.41. The zero-order chi connectivity index (χ0) is 28.7. The van der Waals surface area contributed by atoms with E-state index in [-0.39, 0.29) is 5.70 Å². The molecule has 212 valence electrons. The normalized spacial score (nSPS) is 20.9. The van der Waals surface area contributed by atoms with Gasteiger partial charge < -0.3 is 21.3 Å². The van der Waals surface area contributed by atoms with E-state index in [1.165, 1.54) is 12.5 Å². The van der Waals surface area contributed by atoms with Crippen LogP contribution in [0, 0.1) is 18.8 Å².